The number of hydrogen-bond donors (Lipinski definition) is 2. The van der Waals surface area contributed by atoms with E-state index in [9.17, 15) is 14.4 Å². The monoisotopic (exact) mass is 244 g/mol. The zero-order valence-electron chi connectivity index (χ0n) is 9.48. The topological polar surface area (TPSA) is 95.9 Å². The highest BCUT2D eigenvalue weighted by Gasteiger charge is 2.19. The molecule has 1 heterocycles. The Kier molecular flexibility index (Phi) is 5.41. The van der Waals surface area contributed by atoms with Crippen molar-refractivity contribution < 1.29 is 24.3 Å². The van der Waals surface area contributed by atoms with Gasteiger partial charge in [-0.05, 0) is 12.8 Å². The van der Waals surface area contributed by atoms with E-state index in [2.05, 4.69) is 4.84 Å². The molecule has 1 saturated heterocycles. The van der Waals surface area contributed by atoms with Gasteiger partial charge in [-0.25, -0.2) is 10.3 Å². The summed E-state index contributed by atoms with van der Waals surface area (Å²) in [4.78, 5) is 38.9. The molecule has 0 bridgehead atoms. The fraction of sp³-hybridized carbons (Fsp3) is 0.700. The van der Waals surface area contributed by atoms with Gasteiger partial charge in [-0.2, -0.15) is 0 Å². The summed E-state index contributed by atoms with van der Waals surface area (Å²) in [6.07, 6.45) is 3.18. The SMILES string of the molecule is O=C(O)CONC(=O)CN1CCCCCC1=O. The molecule has 7 nitrogen and oxygen atoms in total. The third-order valence-corrected chi connectivity index (χ3v) is 2.39. The van der Waals surface area contributed by atoms with E-state index in [1.54, 1.807) is 0 Å². The quantitative estimate of drug-likeness (QED) is 0.637. The van der Waals surface area contributed by atoms with E-state index in [0.717, 1.165) is 19.3 Å². The summed E-state index contributed by atoms with van der Waals surface area (Å²) < 4.78 is 0. The van der Waals surface area contributed by atoms with E-state index < -0.39 is 18.5 Å². The zero-order chi connectivity index (χ0) is 12.7. The van der Waals surface area contributed by atoms with E-state index >= 15 is 0 Å². The number of aliphatic carboxylic acids is 1. The Morgan fingerprint density at radius 3 is 2.82 bits per heavy atom. The maximum atomic E-state index is 11.5. The number of carboxylic acids is 1. The summed E-state index contributed by atoms with van der Waals surface area (Å²) in [5, 5.41) is 8.29. The molecule has 0 aromatic rings. The molecule has 1 rings (SSSR count). The van der Waals surface area contributed by atoms with Crippen molar-refractivity contribution in [2.24, 2.45) is 0 Å². The summed E-state index contributed by atoms with van der Waals surface area (Å²) in [6, 6.07) is 0. The summed E-state index contributed by atoms with van der Waals surface area (Å²) >= 11 is 0. The number of carboxylic acid groups (broad SMARTS) is 1. The minimum absolute atomic E-state index is 0.0455. The van der Waals surface area contributed by atoms with E-state index in [-0.39, 0.29) is 12.5 Å². The van der Waals surface area contributed by atoms with Crippen LogP contribution in [0.15, 0.2) is 0 Å². The molecule has 1 aliphatic heterocycles. The second kappa shape index (κ2) is 6.85. The average molecular weight is 244 g/mol. The molecule has 0 atom stereocenters. The van der Waals surface area contributed by atoms with Crippen LogP contribution in [-0.4, -0.2) is 47.5 Å². The molecule has 2 N–H and O–H groups in total. The molecule has 1 aliphatic rings. The van der Waals surface area contributed by atoms with Crippen LogP contribution >= 0.6 is 0 Å². The fourth-order valence-electron chi connectivity index (χ4n) is 1.59. The molecule has 0 aliphatic carbocycles. The lowest BCUT2D eigenvalue weighted by molar-refractivity contribution is -0.151. The molecule has 96 valence electrons. The average Bonchev–Trinajstić information content (AvgIpc) is 2.44. The Morgan fingerprint density at radius 2 is 2.12 bits per heavy atom. The number of nitrogens with zero attached hydrogens (tertiary/aromatic N) is 1. The molecule has 7 heteroatoms. The minimum atomic E-state index is -1.17. The molecule has 1 fully saturated rings. The van der Waals surface area contributed by atoms with Gasteiger partial charge < -0.3 is 10.0 Å². The number of hydroxylamine groups is 1. The Balaban J connectivity index is 2.28. The van der Waals surface area contributed by atoms with E-state index in [1.807, 2.05) is 5.48 Å². The highest BCUT2D eigenvalue weighted by molar-refractivity contribution is 5.84. The Bertz CT molecular complexity index is 305. The lowest BCUT2D eigenvalue weighted by Gasteiger charge is -2.19. The molecule has 0 aromatic heterocycles. The van der Waals surface area contributed by atoms with E-state index in [0.29, 0.717) is 13.0 Å². The van der Waals surface area contributed by atoms with E-state index in [4.69, 9.17) is 5.11 Å². The predicted molar refractivity (Wildman–Crippen MR) is 56.8 cm³/mol. The molecular weight excluding hydrogens is 228 g/mol. The number of likely N-dealkylation sites (tertiary alicyclic amines) is 1. The van der Waals surface area contributed by atoms with Crippen LogP contribution in [0.1, 0.15) is 25.7 Å². The Labute approximate surface area is 98.7 Å². The predicted octanol–water partition coefficient (Wildman–Crippen LogP) is -0.479. The second-order valence-corrected chi connectivity index (χ2v) is 3.83. The molecule has 0 aromatic carbocycles. The van der Waals surface area contributed by atoms with Crippen molar-refractivity contribution in [1.82, 2.24) is 10.4 Å². The van der Waals surface area contributed by atoms with Gasteiger partial charge in [0.05, 0.1) is 0 Å². The lowest BCUT2D eigenvalue weighted by Crippen LogP contribution is -2.40. The molecule has 0 saturated carbocycles. The van der Waals surface area contributed by atoms with Crippen molar-refractivity contribution in [2.45, 2.75) is 25.7 Å². The second-order valence-electron chi connectivity index (χ2n) is 3.83. The van der Waals surface area contributed by atoms with Crippen molar-refractivity contribution in [2.75, 3.05) is 19.7 Å². The molecular formula is C10H16N2O5. The number of carbonyl (C=O) groups excluding carboxylic acids is 2. The van der Waals surface area contributed by atoms with Crippen LogP contribution in [0.2, 0.25) is 0 Å². The van der Waals surface area contributed by atoms with Crippen LogP contribution in [0.3, 0.4) is 0 Å². The van der Waals surface area contributed by atoms with Crippen molar-refractivity contribution in [1.29, 1.82) is 0 Å². The van der Waals surface area contributed by atoms with Gasteiger partial charge >= 0.3 is 5.97 Å². The third-order valence-electron chi connectivity index (χ3n) is 2.39. The van der Waals surface area contributed by atoms with Crippen molar-refractivity contribution in [3.8, 4) is 0 Å². The molecule has 17 heavy (non-hydrogen) atoms. The van der Waals surface area contributed by atoms with Crippen molar-refractivity contribution >= 4 is 17.8 Å². The smallest absolute Gasteiger partial charge is 0.332 e. The lowest BCUT2D eigenvalue weighted by atomic mass is 10.2. The first kappa shape index (κ1) is 13.4. The number of nitrogens with one attached hydrogen (secondary N) is 1. The van der Waals surface area contributed by atoms with Gasteiger partial charge in [-0.1, -0.05) is 6.42 Å². The van der Waals surface area contributed by atoms with E-state index in [1.165, 1.54) is 4.90 Å². The van der Waals surface area contributed by atoms with Crippen LogP contribution in [0.25, 0.3) is 0 Å². The van der Waals surface area contributed by atoms with Crippen LogP contribution in [0.4, 0.5) is 0 Å². The first-order valence-electron chi connectivity index (χ1n) is 5.50. The van der Waals surface area contributed by atoms with Gasteiger partial charge in [0.25, 0.3) is 5.91 Å². The Morgan fingerprint density at radius 1 is 1.35 bits per heavy atom. The molecule has 0 spiro atoms. The van der Waals surface area contributed by atoms with Gasteiger partial charge in [-0.15, -0.1) is 0 Å². The zero-order valence-corrected chi connectivity index (χ0v) is 9.48. The van der Waals surface area contributed by atoms with Crippen LogP contribution in [0.5, 0.6) is 0 Å². The standard InChI is InChI=1S/C10H16N2O5/c13-8(11-17-7-10(15)16)6-12-5-3-1-2-4-9(12)14/h1-7H2,(H,11,13)(H,15,16). The van der Waals surface area contributed by atoms with Gasteiger partial charge in [-0.3, -0.25) is 14.4 Å². The van der Waals surface area contributed by atoms with Crippen molar-refractivity contribution in [3.05, 3.63) is 0 Å². The van der Waals surface area contributed by atoms with Crippen LogP contribution < -0.4 is 5.48 Å². The highest BCUT2D eigenvalue weighted by Crippen LogP contribution is 2.10. The fourth-order valence-corrected chi connectivity index (χ4v) is 1.59. The van der Waals surface area contributed by atoms with Gasteiger partial charge in [0, 0.05) is 13.0 Å². The van der Waals surface area contributed by atoms with Crippen molar-refractivity contribution in [3.63, 3.8) is 0 Å². The van der Waals surface area contributed by atoms with Gasteiger partial charge in [0.2, 0.25) is 5.91 Å². The maximum Gasteiger partial charge on any atom is 0.332 e. The van der Waals surface area contributed by atoms with Gasteiger partial charge in [0.1, 0.15) is 6.54 Å². The van der Waals surface area contributed by atoms with Gasteiger partial charge in [0.15, 0.2) is 6.61 Å². The summed E-state index contributed by atoms with van der Waals surface area (Å²) in [5.74, 6) is -1.73. The minimum Gasteiger partial charge on any atom is -0.479 e. The van der Waals surface area contributed by atoms with Crippen LogP contribution in [-0.2, 0) is 19.2 Å². The molecule has 2 amide bonds. The van der Waals surface area contributed by atoms with Crippen LogP contribution in [0, 0.1) is 0 Å². The third kappa shape index (κ3) is 5.30. The molecule has 0 radical (unpaired) electrons. The normalized spacial score (nSPS) is 16.5. The Hall–Kier alpha value is -1.63. The molecule has 0 unspecified atom stereocenters. The summed E-state index contributed by atoms with van der Waals surface area (Å²) in [7, 11) is 0. The largest absolute Gasteiger partial charge is 0.479 e. The first-order chi connectivity index (χ1) is 8.09. The number of rotatable bonds is 5. The maximum absolute atomic E-state index is 11.5. The number of carbonyl (C=O) groups is 3. The summed E-state index contributed by atoms with van der Waals surface area (Å²) in [6.45, 7) is -0.122. The number of amides is 2. The highest BCUT2D eigenvalue weighted by atomic mass is 16.7. The number of hydrogen-bond acceptors (Lipinski definition) is 4. The first-order valence-corrected chi connectivity index (χ1v) is 5.50. The summed E-state index contributed by atoms with van der Waals surface area (Å²) in [5.41, 5.74) is 1.99.